The van der Waals surface area contributed by atoms with Gasteiger partial charge in [-0.15, -0.1) is 0 Å². The molecule has 0 amide bonds. The Kier molecular flexibility index (Phi) is 0.692. The van der Waals surface area contributed by atoms with Crippen molar-refractivity contribution in [3.8, 4) is 0 Å². The van der Waals surface area contributed by atoms with Gasteiger partial charge >= 0.3 is 0 Å². The molecule has 3 rings (SSSR count). The molecule has 3 aromatic heterocycles. The van der Waals surface area contributed by atoms with Crippen molar-refractivity contribution in [1.82, 2.24) is 14.4 Å². The molecule has 0 bridgehead atoms. The summed E-state index contributed by atoms with van der Waals surface area (Å²) in [6.07, 6.45) is 3.60. The molecule has 11 heavy (non-hydrogen) atoms. The maximum absolute atomic E-state index is 4.13. The molecular formula is C8H5N3. The molecule has 0 saturated heterocycles. The Hall–Kier alpha value is -1.64. The van der Waals surface area contributed by atoms with Gasteiger partial charge in [-0.25, -0.2) is 9.97 Å². The zero-order chi connectivity index (χ0) is 7.26. The molecule has 0 aromatic carbocycles. The Morgan fingerprint density at radius 2 is 1.91 bits per heavy atom. The first-order valence-electron chi connectivity index (χ1n) is 3.46. The number of rotatable bonds is 0. The smallest absolute Gasteiger partial charge is 0.234 e. The van der Waals surface area contributed by atoms with Crippen LogP contribution in [0.15, 0.2) is 30.6 Å². The lowest BCUT2D eigenvalue weighted by Gasteiger charge is -1.90. The van der Waals surface area contributed by atoms with Crippen LogP contribution < -0.4 is 0 Å². The van der Waals surface area contributed by atoms with Gasteiger partial charge in [0.15, 0.2) is 0 Å². The summed E-state index contributed by atoms with van der Waals surface area (Å²) in [5.74, 6) is 0.780. The predicted octanol–water partition coefficient (Wildman–Crippen LogP) is 1.32. The summed E-state index contributed by atoms with van der Waals surface area (Å²) in [4.78, 5) is 8.25. The minimum absolute atomic E-state index is 0.780. The topological polar surface area (TPSA) is 30.2 Å². The van der Waals surface area contributed by atoms with Crippen molar-refractivity contribution in [3.63, 3.8) is 0 Å². The van der Waals surface area contributed by atoms with Crippen LogP contribution in [0, 0.1) is 0 Å². The van der Waals surface area contributed by atoms with Crippen molar-refractivity contribution in [2.24, 2.45) is 0 Å². The second-order valence-electron chi connectivity index (χ2n) is 2.52. The molecule has 3 nitrogen and oxygen atoms in total. The fraction of sp³-hybridized carbons (Fsp3) is 0. The minimum Gasteiger partial charge on any atom is -0.278 e. The van der Waals surface area contributed by atoms with Crippen LogP contribution in [0.2, 0.25) is 0 Å². The summed E-state index contributed by atoms with van der Waals surface area (Å²) in [7, 11) is 0. The third kappa shape index (κ3) is 0.487. The Morgan fingerprint density at radius 1 is 1.00 bits per heavy atom. The zero-order valence-electron chi connectivity index (χ0n) is 5.73. The van der Waals surface area contributed by atoms with Gasteiger partial charge in [-0.1, -0.05) is 0 Å². The third-order valence-electron chi connectivity index (χ3n) is 1.89. The largest absolute Gasteiger partial charge is 0.278 e. The lowest BCUT2D eigenvalue weighted by Crippen LogP contribution is -1.84. The molecular weight excluding hydrogens is 138 g/mol. The van der Waals surface area contributed by atoms with Gasteiger partial charge < -0.3 is 0 Å². The quantitative estimate of drug-likeness (QED) is 0.475. The maximum atomic E-state index is 4.13. The van der Waals surface area contributed by atoms with E-state index in [1.54, 1.807) is 6.20 Å². The maximum Gasteiger partial charge on any atom is 0.234 e. The number of hydrogen-bond acceptors (Lipinski definition) is 2. The molecule has 3 aromatic rings. The number of nitrogens with zero attached hydrogens (tertiary/aromatic N) is 3. The fourth-order valence-electron chi connectivity index (χ4n) is 1.38. The predicted molar refractivity (Wildman–Crippen MR) is 41.7 cm³/mol. The van der Waals surface area contributed by atoms with E-state index in [0.29, 0.717) is 0 Å². The molecule has 3 heterocycles. The molecule has 0 N–H and O–H groups in total. The van der Waals surface area contributed by atoms with Gasteiger partial charge in [-0.2, -0.15) is 0 Å². The van der Waals surface area contributed by atoms with Crippen LogP contribution in [0.4, 0.5) is 0 Å². The molecule has 0 atom stereocenters. The molecule has 0 aliphatic carbocycles. The highest BCUT2D eigenvalue weighted by Gasteiger charge is 2.02. The first kappa shape index (κ1) is 5.07. The van der Waals surface area contributed by atoms with Crippen LogP contribution in [0.25, 0.3) is 16.8 Å². The van der Waals surface area contributed by atoms with Crippen LogP contribution in [0.3, 0.4) is 0 Å². The van der Waals surface area contributed by atoms with E-state index in [1.807, 2.05) is 22.7 Å². The average molecular weight is 143 g/mol. The van der Waals surface area contributed by atoms with E-state index in [-0.39, 0.29) is 0 Å². The highest BCUT2D eigenvalue weighted by molar-refractivity contribution is 5.67. The lowest BCUT2D eigenvalue weighted by molar-refractivity contribution is 1.18. The summed E-state index contributed by atoms with van der Waals surface area (Å²) in [5, 5.41) is 0. The highest BCUT2D eigenvalue weighted by Crippen LogP contribution is 2.13. The van der Waals surface area contributed by atoms with Gasteiger partial charge in [0.2, 0.25) is 5.78 Å². The first-order chi connectivity index (χ1) is 5.45. The second kappa shape index (κ2) is 1.50. The van der Waals surface area contributed by atoms with E-state index in [0.717, 1.165) is 16.8 Å². The molecule has 0 saturated carbocycles. The SMILES string of the molecule is c1cc2ccc3cnc(n1)n23. The molecule has 0 aliphatic heterocycles. The van der Waals surface area contributed by atoms with Crippen LogP contribution in [-0.2, 0) is 0 Å². The number of aromatic nitrogens is 3. The lowest BCUT2D eigenvalue weighted by atomic mass is 10.5. The van der Waals surface area contributed by atoms with Gasteiger partial charge in [0.1, 0.15) is 0 Å². The fourth-order valence-corrected chi connectivity index (χ4v) is 1.38. The van der Waals surface area contributed by atoms with Gasteiger partial charge in [-0.05, 0) is 18.2 Å². The normalized spacial score (nSPS) is 11.6. The van der Waals surface area contributed by atoms with Crippen LogP contribution in [0.5, 0.6) is 0 Å². The summed E-state index contributed by atoms with van der Waals surface area (Å²) in [6.45, 7) is 0. The Morgan fingerprint density at radius 3 is 2.91 bits per heavy atom. The molecule has 52 valence electrons. The van der Waals surface area contributed by atoms with Gasteiger partial charge in [-0.3, -0.25) is 4.40 Å². The van der Waals surface area contributed by atoms with Crippen molar-refractivity contribution >= 4 is 16.8 Å². The van der Waals surface area contributed by atoms with E-state index in [4.69, 9.17) is 0 Å². The van der Waals surface area contributed by atoms with Crippen molar-refractivity contribution < 1.29 is 0 Å². The number of imidazole rings is 1. The average Bonchev–Trinajstić information content (AvgIpc) is 2.60. The van der Waals surface area contributed by atoms with Gasteiger partial charge in [0.25, 0.3) is 0 Å². The monoisotopic (exact) mass is 143 g/mol. The zero-order valence-corrected chi connectivity index (χ0v) is 5.73. The van der Waals surface area contributed by atoms with E-state index < -0.39 is 0 Å². The van der Waals surface area contributed by atoms with Gasteiger partial charge in [0.05, 0.1) is 17.2 Å². The summed E-state index contributed by atoms with van der Waals surface area (Å²) < 4.78 is 2.03. The summed E-state index contributed by atoms with van der Waals surface area (Å²) in [6, 6.07) is 6.07. The van der Waals surface area contributed by atoms with Crippen molar-refractivity contribution in [2.45, 2.75) is 0 Å². The van der Waals surface area contributed by atoms with Crippen molar-refractivity contribution in [2.75, 3.05) is 0 Å². The second-order valence-corrected chi connectivity index (χ2v) is 2.52. The summed E-state index contributed by atoms with van der Waals surface area (Å²) in [5.41, 5.74) is 2.27. The summed E-state index contributed by atoms with van der Waals surface area (Å²) >= 11 is 0. The molecule has 0 fully saturated rings. The van der Waals surface area contributed by atoms with Crippen molar-refractivity contribution in [3.05, 3.63) is 30.6 Å². The van der Waals surface area contributed by atoms with E-state index in [1.165, 1.54) is 0 Å². The minimum atomic E-state index is 0.780. The van der Waals surface area contributed by atoms with Crippen LogP contribution >= 0.6 is 0 Å². The Labute approximate surface area is 62.6 Å². The standard InChI is InChI=1S/C8H5N3/c1-2-7-5-10-8-9-4-3-6(1)11(7)8/h1-5H. The van der Waals surface area contributed by atoms with E-state index in [2.05, 4.69) is 16.0 Å². The first-order valence-corrected chi connectivity index (χ1v) is 3.46. The van der Waals surface area contributed by atoms with Crippen LogP contribution in [0.1, 0.15) is 0 Å². The number of hydrogen-bond donors (Lipinski definition) is 0. The van der Waals surface area contributed by atoms with E-state index >= 15 is 0 Å². The third-order valence-corrected chi connectivity index (χ3v) is 1.89. The molecule has 0 aliphatic rings. The van der Waals surface area contributed by atoms with Crippen molar-refractivity contribution in [1.29, 1.82) is 0 Å². The molecule has 0 spiro atoms. The molecule has 3 heteroatoms. The van der Waals surface area contributed by atoms with Gasteiger partial charge in [0, 0.05) is 6.20 Å². The Balaban J connectivity index is 2.83. The van der Waals surface area contributed by atoms with Crippen LogP contribution in [-0.4, -0.2) is 14.4 Å². The highest BCUT2D eigenvalue weighted by atomic mass is 15.1. The van der Waals surface area contributed by atoms with E-state index in [9.17, 15) is 0 Å². The molecule has 0 unspecified atom stereocenters. The molecule has 0 radical (unpaired) electrons. The Bertz CT molecular complexity index is 446.